The van der Waals surface area contributed by atoms with Crippen LogP contribution in [0, 0.1) is 0 Å². The van der Waals surface area contributed by atoms with Crippen molar-refractivity contribution >= 4 is 27.7 Å². The molecule has 1 aromatic rings. The summed E-state index contributed by atoms with van der Waals surface area (Å²) >= 11 is 6.07. The fraction of sp³-hybridized carbons (Fsp3) is 0.562. The number of hydrogen-bond donors (Lipinski definition) is 1. The van der Waals surface area contributed by atoms with Gasteiger partial charge in [0.1, 0.15) is 0 Å². The van der Waals surface area contributed by atoms with E-state index in [1.807, 2.05) is 6.92 Å². The van der Waals surface area contributed by atoms with Gasteiger partial charge in [-0.2, -0.15) is 4.31 Å². The Balaban J connectivity index is 1.99. The van der Waals surface area contributed by atoms with Gasteiger partial charge in [-0.3, -0.25) is 0 Å². The lowest BCUT2D eigenvalue weighted by Crippen LogP contribution is -2.42. The van der Waals surface area contributed by atoms with Gasteiger partial charge in [0.15, 0.2) is 0 Å². The average molecular weight is 374 g/mol. The van der Waals surface area contributed by atoms with Crippen molar-refractivity contribution in [3.63, 3.8) is 0 Å². The second-order valence-electron chi connectivity index (χ2n) is 5.82. The maximum absolute atomic E-state index is 12.7. The molecule has 0 unspecified atom stereocenters. The van der Waals surface area contributed by atoms with Gasteiger partial charge in [0.25, 0.3) is 0 Å². The van der Waals surface area contributed by atoms with Crippen molar-refractivity contribution in [2.75, 3.05) is 32.7 Å². The fourth-order valence-corrected chi connectivity index (χ4v) is 4.50. The Morgan fingerprint density at radius 1 is 1.21 bits per heavy atom. The number of hydrogen-bond acceptors (Lipinski definition) is 3. The number of carbonyl (C=O) groups is 1. The number of halogens is 1. The van der Waals surface area contributed by atoms with E-state index in [0.717, 1.165) is 6.42 Å². The highest BCUT2D eigenvalue weighted by molar-refractivity contribution is 7.88. The summed E-state index contributed by atoms with van der Waals surface area (Å²) in [6, 6.07) is 6.84. The third-order valence-electron chi connectivity index (χ3n) is 3.96. The number of nitrogens with zero attached hydrogens (tertiary/aromatic N) is 2. The van der Waals surface area contributed by atoms with Crippen molar-refractivity contribution in [2.24, 2.45) is 0 Å². The van der Waals surface area contributed by atoms with Gasteiger partial charge in [-0.1, -0.05) is 36.7 Å². The van der Waals surface area contributed by atoms with Crippen LogP contribution in [0.2, 0.25) is 5.02 Å². The molecule has 1 heterocycles. The van der Waals surface area contributed by atoms with Crippen LogP contribution in [0.3, 0.4) is 0 Å². The first-order valence-electron chi connectivity index (χ1n) is 8.18. The first-order valence-corrected chi connectivity index (χ1v) is 10.2. The molecule has 2 rings (SSSR count). The van der Waals surface area contributed by atoms with E-state index >= 15 is 0 Å². The quantitative estimate of drug-likeness (QED) is 0.860. The topological polar surface area (TPSA) is 69.7 Å². The lowest BCUT2D eigenvalue weighted by Gasteiger charge is -2.22. The summed E-state index contributed by atoms with van der Waals surface area (Å²) in [5.74, 6) is -0.116. The molecule has 0 spiro atoms. The molecule has 1 saturated heterocycles. The Labute approximate surface area is 148 Å². The molecule has 6 nitrogen and oxygen atoms in total. The molecule has 1 fully saturated rings. The van der Waals surface area contributed by atoms with Crippen molar-refractivity contribution in [3.8, 4) is 0 Å². The number of rotatable bonds is 5. The molecule has 0 bridgehead atoms. The molecule has 134 valence electrons. The lowest BCUT2D eigenvalue weighted by atomic mass is 10.2. The zero-order valence-electron chi connectivity index (χ0n) is 13.9. The first-order chi connectivity index (χ1) is 11.4. The van der Waals surface area contributed by atoms with Gasteiger partial charge in [-0.15, -0.1) is 0 Å². The van der Waals surface area contributed by atoms with Gasteiger partial charge < -0.3 is 10.2 Å². The zero-order chi connectivity index (χ0) is 17.6. The highest BCUT2D eigenvalue weighted by Crippen LogP contribution is 2.20. The summed E-state index contributed by atoms with van der Waals surface area (Å²) in [6.07, 6.45) is 1.50. The monoisotopic (exact) mass is 373 g/mol. The molecule has 8 heteroatoms. The van der Waals surface area contributed by atoms with Crippen molar-refractivity contribution < 1.29 is 13.2 Å². The second-order valence-corrected chi connectivity index (χ2v) is 8.20. The number of amides is 2. The van der Waals surface area contributed by atoms with Gasteiger partial charge in [-0.05, 0) is 24.5 Å². The predicted octanol–water partition coefficient (Wildman–Crippen LogP) is 2.30. The molecule has 0 radical (unpaired) electrons. The maximum atomic E-state index is 12.7. The van der Waals surface area contributed by atoms with Gasteiger partial charge >= 0.3 is 6.03 Å². The third-order valence-corrected chi connectivity index (χ3v) is 6.15. The third kappa shape index (κ3) is 5.09. The standard InChI is InChI=1S/C16H24ClN3O3S/c1-2-8-18-16(21)19-9-5-10-20(12-11-19)24(22,23)13-14-6-3-4-7-15(14)17/h3-4,6-7H,2,5,8-13H2,1H3,(H,18,21). The first kappa shape index (κ1) is 19.0. The van der Waals surface area contributed by atoms with E-state index in [-0.39, 0.29) is 11.8 Å². The van der Waals surface area contributed by atoms with E-state index < -0.39 is 10.0 Å². The van der Waals surface area contributed by atoms with Crippen LogP contribution < -0.4 is 5.32 Å². The van der Waals surface area contributed by atoms with Gasteiger partial charge in [0.05, 0.1) is 5.75 Å². The average Bonchev–Trinajstić information content (AvgIpc) is 2.81. The van der Waals surface area contributed by atoms with Crippen LogP contribution in [-0.4, -0.2) is 56.4 Å². The predicted molar refractivity (Wildman–Crippen MR) is 95.5 cm³/mol. The molecule has 0 atom stereocenters. The van der Waals surface area contributed by atoms with Crippen molar-refractivity contribution in [3.05, 3.63) is 34.9 Å². The summed E-state index contributed by atoms with van der Waals surface area (Å²) in [5.41, 5.74) is 0.598. The van der Waals surface area contributed by atoms with E-state index in [2.05, 4.69) is 5.32 Å². The van der Waals surface area contributed by atoms with Crippen LogP contribution in [0.15, 0.2) is 24.3 Å². The highest BCUT2D eigenvalue weighted by atomic mass is 35.5. The minimum atomic E-state index is -3.46. The molecular weight excluding hydrogens is 350 g/mol. The second kappa shape index (κ2) is 8.69. The number of benzene rings is 1. The largest absolute Gasteiger partial charge is 0.338 e. The van der Waals surface area contributed by atoms with Gasteiger partial charge in [0, 0.05) is 37.7 Å². The fourth-order valence-electron chi connectivity index (χ4n) is 2.62. The van der Waals surface area contributed by atoms with Crippen molar-refractivity contribution in [1.29, 1.82) is 0 Å². The van der Waals surface area contributed by atoms with Crippen LogP contribution in [0.4, 0.5) is 4.79 Å². The minimum absolute atomic E-state index is 0.116. The molecule has 2 amide bonds. The molecule has 1 aliphatic rings. The molecule has 0 aromatic heterocycles. The molecule has 0 saturated carbocycles. The maximum Gasteiger partial charge on any atom is 0.317 e. The molecule has 1 aliphatic heterocycles. The highest BCUT2D eigenvalue weighted by Gasteiger charge is 2.27. The number of sulfonamides is 1. The van der Waals surface area contributed by atoms with E-state index in [4.69, 9.17) is 11.6 Å². The van der Waals surface area contributed by atoms with Crippen LogP contribution in [0.5, 0.6) is 0 Å². The lowest BCUT2D eigenvalue weighted by molar-refractivity contribution is 0.200. The summed E-state index contributed by atoms with van der Waals surface area (Å²) in [6.45, 7) is 4.32. The number of nitrogens with one attached hydrogen (secondary N) is 1. The van der Waals surface area contributed by atoms with Crippen molar-refractivity contribution in [2.45, 2.75) is 25.5 Å². The SMILES string of the molecule is CCCNC(=O)N1CCCN(S(=O)(=O)Cc2ccccc2Cl)CC1. The Morgan fingerprint density at radius 3 is 2.67 bits per heavy atom. The Bertz CT molecular complexity index is 666. The van der Waals surface area contributed by atoms with E-state index in [9.17, 15) is 13.2 Å². The minimum Gasteiger partial charge on any atom is -0.338 e. The molecule has 1 N–H and O–H groups in total. The zero-order valence-corrected chi connectivity index (χ0v) is 15.4. The summed E-state index contributed by atoms with van der Waals surface area (Å²) < 4.78 is 26.8. The Morgan fingerprint density at radius 2 is 1.96 bits per heavy atom. The van der Waals surface area contributed by atoms with Gasteiger partial charge in [-0.25, -0.2) is 13.2 Å². The summed E-state index contributed by atoms with van der Waals surface area (Å²) in [5, 5.41) is 3.29. The number of urea groups is 1. The van der Waals surface area contributed by atoms with Crippen LogP contribution in [0.1, 0.15) is 25.3 Å². The van der Waals surface area contributed by atoms with E-state index in [1.165, 1.54) is 4.31 Å². The van der Waals surface area contributed by atoms with Crippen molar-refractivity contribution in [1.82, 2.24) is 14.5 Å². The van der Waals surface area contributed by atoms with Gasteiger partial charge in [0.2, 0.25) is 10.0 Å². The van der Waals surface area contributed by atoms with E-state index in [0.29, 0.717) is 49.7 Å². The van der Waals surface area contributed by atoms with Crippen LogP contribution >= 0.6 is 11.6 Å². The molecule has 0 aliphatic carbocycles. The molecule has 1 aromatic carbocycles. The smallest absolute Gasteiger partial charge is 0.317 e. The Kier molecular flexibility index (Phi) is 6.89. The summed E-state index contributed by atoms with van der Waals surface area (Å²) in [7, 11) is -3.46. The number of carbonyl (C=O) groups excluding carboxylic acids is 1. The van der Waals surface area contributed by atoms with Crippen LogP contribution in [-0.2, 0) is 15.8 Å². The molecule has 24 heavy (non-hydrogen) atoms. The van der Waals surface area contributed by atoms with E-state index in [1.54, 1.807) is 29.2 Å². The normalized spacial score (nSPS) is 16.7. The Hall–Kier alpha value is -1.31. The molecular formula is C16H24ClN3O3S. The summed E-state index contributed by atoms with van der Waals surface area (Å²) in [4.78, 5) is 13.7. The van der Waals surface area contributed by atoms with Crippen LogP contribution in [0.25, 0.3) is 0 Å².